The van der Waals surface area contributed by atoms with E-state index in [0.717, 1.165) is 23.9 Å². The van der Waals surface area contributed by atoms with Gasteiger partial charge in [-0.05, 0) is 17.7 Å². The van der Waals surface area contributed by atoms with Gasteiger partial charge in [0.2, 0.25) is 11.1 Å². The van der Waals surface area contributed by atoms with Crippen molar-refractivity contribution in [1.82, 2.24) is 20.2 Å². The van der Waals surface area contributed by atoms with E-state index in [1.165, 1.54) is 16.8 Å². The average molecular weight is 387 g/mol. The largest absolute Gasteiger partial charge is 0.416 e. The lowest BCUT2D eigenvalue weighted by molar-refractivity contribution is -0.137. The third-order valence-electron chi connectivity index (χ3n) is 3.41. The molecule has 0 fully saturated rings. The number of halogens is 3. The van der Waals surface area contributed by atoms with Crippen LogP contribution in [-0.2, 0) is 22.9 Å². The molecule has 0 saturated heterocycles. The first-order valence-corrected chi connectivity index (χ1v) is 8.73. The van der Waals surface area contributed by atoms with Gasteiger partial charge in [-0.25, -0.2) is 4.68 Å². The number of nitrogens with one attached hydrogen (secondary N) is 1. The SMILES string of the molecule is CC(C)(C)c1nnc(SCC(=O)NCc2cccc(C(F)(F)F)c2)n1N. The van der Waals surface area contributed by atoms with Gasteiger partial charge < -0.3 is 11.2 Å². The molecule has 3 N–H and O–H groups in total. The first-order chi connectivity index (χ1) is 12.0. The van der Waals surface area contributed by atoms with E-state index < -0.39 is 11.7 Å². The highest BCUT2D eigenvalue weighted by Gasteiger charge is 2.30. The number of benzene rings is 1. The second-order valence-electron chi connectivity index (χ2n) is 6.69. The molecule has 1 heterocycles. The maximum atomic E-state index is 12.7. The van der Waals surface area contributed by atoms with E-state index >= 15 is 0 Å². The monoisotopic (exact) mass is 387 g/mol. The predicted octanol–water partition coefficient (Wildman–Crippen LogP) is 2.72. The molecule has 1 amide bonds. The van der Waals surface area contributed by atoms with E-state index in [0.29, 0.717) is 16.5 Å². The third-order valence-corrected chi connectivity index (χ3v) is 4.35. The summed E-state index contributed by atoms with van der Waals surface area (Å²) in [7, 11) is 0. The van der Waals surface area contributed by atoms with Crippen LogP contribution in [0.1, 0.15) is 37.7 Å². The minimum Gasteiger partial charge on any atom is -0.351 e. The Morgan fingerprint density at radius 2 is 1.96 bits per heavy atom. The number of alkyl halides is 3. The highest BCUT2D eigenvalue weighted by molar-refractivity contribution is 7.99. The molecule has 26 heavy (non-hydrogen) atoms. The smallest absolute Gasteiger partial charge is 0.351 e. The van der Waals surface area contributed by atoms with E-state index in [1.54, 1.807) is 0 Å². The van der Waals surface area contributed by atoms with Crippen molar-refractivity contribution >= 4 is 17.7 Å². The van der Waals surface area contributed by atoms with Gasteiger partial charge >= 0.3 is 6.18 Å². The Balaban J connectivity index is 1.90. The fourth-order valence-corrected chi connectivity index (χ4v) is 2.81. The van der Waals surface area contributed by atoms with Crippen LogP contribution in [0.15, 0.2) is 29.4 Å². The lowest BCUT2D eigenvalue weighted by atomic mass is 9.96. The van der Waals surface area contributed by atoms with Crippen molar-refractivity contribution in [3.05, 3.63) is 41.2 Å². The van der Waals surface area contributed by atoms with Crippen LogP contribution in [0, 0.1) is 0 Å². The maximum absolute atomic E-state index is 12.7. The number of nitrogens with two attached hydrogens (primary N) is 1. The molecule has 0 bridgehead atoms. The zero-order chi connectivity index (χ0) is 19.5. The van der Waals surface area contributed by atoms with Crippen LogP contribution in [-0.4, -0.2) is 26.5 Å². The molecule has 1 aromatic heterocycles. The molecule has 10 heteroatoms. The first-order valence-electron chi connectivity index (χ1n) is 7.75. The Kier molecular flexibility index (Phi) is 5.84. The molecule has 0 spiro atoms. The van der Waals surface area contributed by atoms with Crippen LogP contribution in [0.5, 0.6) is 0 Å². The van der Waals surface area contributed by atoms with Crippen LogP contribution in [0.25, 0.3) is 0 Å². The number of carbonyl (C=O) groups is 1. The Morgan fingerprint density at radius 1 is 1.27 bits per heavy atom. The molecule has 142 valence electrons. The minimum atomic E-state index is -4.41. The van der Waals surface area contributed by atoms with Crippen molar-refractivity contribution in [2.24, 2.45) is 0 Å². The summed E-state index contributed by atoms with van der Waals surface area (Å²) in [5, 5.41) is 10.9. The van der Waals surface area contributed by atoms with Gasteiger partial charge in [-0.2, -0.15) is 13.2 Å². The van der Waals surface area contributed by atoms with Gasteiger partial charge in [-0.15, -0.1) is 10.2 Å². The maximum Gasteiger partial charge on any atom is 0.416 e. The van der Waals surface area contributed by atoms with Gasteiger partial charge in [0.05, 0.1) is 11.3 Å². The third kappa shape index (κ3) is 5.13. The fraction of sp³-hybridized carbons (Fsp3) is 0.438. The normalized spacial score (nSPS) is 12.2. The summed E-state index contributed by atoms with van der Waals surface area (Å²) < 4.78 is 39.4. The molecule has 0 aliphatic rings. The average Bonchev–Trinajstić information content (AvgIpc) is 2.91. The molecule has 0 atom stereocenters. The number of hydrogen-bond donors (Lipinski definition) is 2. The lowest BCUT2D eigenvalue weighted by Gasteiger charge is -2.16. The van der Waals surface area contributed by atoms with Gasteiger partial charge in [-0.3, -0.25) is 4.79 Å². The second kappa shape index (κ2) is 7.56. The molecule has 2 rings (SSSR count). The number of thioether (sulfide) groups is 1. The standard InChI is InChI=1S/C16H20F3N5OS/c1-15(2,3)13-22-23-14(24(13)20)26-9-12(25)21-8-10-5-4-6-11(7-10)16(17,18)19/h4-7H,8-9,20H2,1-3H3,(H,21,25). The fourth-order valence-electron chi connectivity index (χ4n) is 2.13. The van der Waals surface area contributed by atoms with Crippen molar-refractivity contribution in [2.75, 3.05) is 11.6 Å². The molecule has 0 unspecified atom stereocenters. The lowest BCUT2D eigenvalue weighted by Crippen LogP contribution is -2.26. The summed E-state index contributed by atoms with van der Waals surface area (Å²) >= 11 is 1.11. The number of carbonyl (C=O) groups excluding carboxylic acids is 1. The molecule has 1 aromatic carbocycles. The Morgan fingerprint density at radius 3 is 2.54 bits per heavy atom. The van der Waals surface area contributed by atoms with Crippen LogP contribution in [0.2, 0.25) is 0 Å². The number of nitrogen functional groups attached to an aromatic ring is 1. The molecule has 0 radical (unpaired) electrons. The van der Waals surface area contributed by atoms with Crippen LogP contribution < -0.4 is 11.2 Å². The number of aromatic nitrogens is 3. The Bertz CT molecular complexity index is 783. The zero-order valence-electron chi connectivity index (χ0n) is 14.6. The van der Waals surface area contributed by atoms with Crippen molar-refractivity contribution in [3.63, 3.8) is 0 Å². The van der Waals surface area contributed by atoms with Crippen molar-refractivity contribution in [1.29, 1.82) is 0 Å². The summed E-state index contributed by atoms with van der Waals surface area (Å²) in [6, 6.07) is 4.83. The van der Waals surface area contributed by atoms with E-state index in [-0.39, 0.29) is 23.6 Å². The van der Waals surface area contributed by atoms with Crippen molar-refractivity contribution in [2.45, 2.75) is 44.1 Å². The predicted molar refractivity (Wildman–Crippen MR) is 92.9 cm³/mol. The zero-order valence-corrected chi connectivity index (χ0v) is 15.4. The van der Waals surface area contributed by atoms with Gasteiger partial charge in [0.1, 0.15) is 0 Å². The number of amides is 1. The van der Waals surface area contributed by atoms with Crippen molar-refractivity contribution < 1.29 is 18.0 Å². The topological polar surface area (TPSA) is 85.8 Å². The number of rotatable bonds is 5. The van der Waals surface area contributed by atoms with Gasteiger partial charge in [0, 0.05) is 12.0 Å². The molecular weight excluding hydrogens is 367 g/mol. The van der Waals surface area contributed by atoms with Crippen LogP contribution in [0.4, 0.5) is 13.2 Å². The quantitative estimate of drug-likeness (QED) is 0.609. The van der Waals surface area contributed by atoms with Crippen molar-refractivity contribution in [3.8, 4) is 0 Å². The first kappa shape index (κ1) is 20.1. The molecule has 6 nitrogen and oxygen atoms in total. The summed E-state index contributed by atoms with van der Waals surface area (Å²) in [5.74, 6) is 6.20. The summed E-state index contributed by atoms with van der Waals surface area (Å²) in [6.07, 6.45) is -4.41. The highest BCUT2D eigenvalue weighted by Crippen LogP contribution is 2.29. The minimum absolute atomic E-state index is 0.00582. The number of hydrogen-bond acceptors (Lipinski definition) is 5. The van der Waals surface area contributed by atoms with Gasteiger partial charge in [-0.1, -0.05) is 44.7 Å². The van der Waals surface area contributed by atoms with E-state index in [1.807, 2.05) is 20.8 Å². The van der Waals surface area contributed by atoms with Gasteiger partial charge in [0.15, 0.2) is 5.82 Å². The molecule has 2 aromatic rings. The molecule has 0 aliphatic heterocycles. The summed E-state index contributed by atoms with van der Waals surface area (Å²) in [5.41, 5.74) is -0.661. The number of nitrogens with zero attached hydrogens (tertiary/aromatic N) is 3. The molecular formula is C16H20F3N5OS. The van der Waals surface area contributed by atoms with E-state index in [2.05, 4.69) is 15.5 Å². The summed E-state index contributed by atoms with van der Waals surface area (Å²) in [4.78, 5) is 11.9. The highest BCUT2D eigenvalue weighted by atomic mass is 32.2. The second-order valence-corrected chi connectivity index (χ2v) is 7.63. The van der Waals surface area contributed by atoms with Crippen LogP contribution >= 0.6 is 11.8 Å². The van der Waals surface area contributed by atoms with E-state index in [4.69, 9.17) is 5.84 Å². The Hall–Kier alpha value is -2.23. The van der Waals surface area contributed by atoms with Crippen LogP contribution in [0.3, 0.4) is 0 Å². The molecule has 0 aliphatic carbocycles. The summed E-state index contributed by atoms with van der Waals surface area (Å²) in [6.45, 7) is 5.83. The van der Waals surface area contributed by atoms with Gasteiger partial charge in [0.25, 0.3) is 0 Å². The van der Waals surface area contributed by atoms with E-state index in [9.17, 15) is 18.0 Å². The molecule has 0 saturated carbocycles. The Labute approximate surface area is 153 Å².